The van der Waals surface area contributed by atoms with Crippen LogP contribution in [-0.2, 0) is 14.8 Å². The van der Waals surface area contributed by atoms with E-state index in [0.29, 0.717) is 18.0 Å². The van der Waals surface area contributed by atoms with Crippen LogP contribution in [0.1, 0.15) is 44.6 Å². The number of sulfonamides is 1. The van der Waals surface area contributed by atoms with Crippen LogP contribution in [0.3, 0.4) is 0 Å². The molecule has 7 heteroatoms. The maximum absolute atomic E-state index is 13.4. The van der Waals surface area contributed by atoms with Crippen LogP contribution < -0.4 is 10.1 Å². The van der Waals surface area contributed by atoms with Gasteiger partial charge in [0.05, 0.1) is 18.0 Å². The second kappa shape index (κ2) is 10.1. The zero-order chi connectivity index (χ0) is 21.6. The Hall–Kier alpha value is -2.38. The smallest absolute Gasteiger partial charge is 0.243 e. The van der Waals surface area contributed by atoms with E-state index in [-0.39, 0.29) is 23.4 Å². The molecule has 30 heavy (non-hydrogen) atoms. The van der Waals surface area contributed by atoms with Gasteiger partial charge < -0.3 is 10.1 Å². The Labute approximate surface area is 179 Å². The van der Waals surface area contributed by atoms with Gasteiger partial charge in [-0.3, -0.25) is 4.79 Å². The first-order chi connectivity index (χ1) is 14.4. The molecule has 3 rings (SSSR count). The van der Waals surface area contributed by atoms with Crippen molar-refractivity contribution < 1.29 is 17.9 Å². The molecular formula is C23H30N2O4S. The zero-order valence-electron chi connectivity index (χ0n) is 17.6. The van der Waals surface area contributed by atoms with E-state index >= 15 is 0 Å². The van der Waals surface area contributed by atoms with Gasteiger partial charge in [-0.15, -0.1) is 0 Å². The Morgan fingerprint density at radius 3 is 2.43 bits per heavy atom. The second-order valence-electron chi connectivity index (χ2n) is 7.66. The summed E-state index contributed by atoms with van der Waals surface area (Å²) in [4.78, 5) is 12.9. The summed E-state index contributed by atoms with van der Waals surface area (Å²) in [6, 6.07) is 13.7. The number of hydrogen-bond donors (Lipinski definition) is 1. The van der Waals surface area contributed by atoms with Crippen molar-refractivity contribution in [3.05, 3.63) is 54.1 Å². The van der Waals surface area contributed by atoms with E-state index in [4.69, 9.17) is 4.74 Å². The molecule has 0 aromatic heterocycles. The molecule has 0 aliphatic heterocycles. The quantitative estimate of drug-likeness (QED) is 0.675. The van der Waals surface area contributed by atoms with Gasteiger partial charge in [-0.1, -0.05) is 31.4 Å². The first-order valence-electron chi connectivity index (χ1n) is 10.5. The van der Waals surface area contributed by atoms with Crippen molar-refractivity contribution in [2.75, 3.05) is 18.5 Å². The van der Waals surface area contributed by atoms with Crippen molar-refractivity contribution in [1.29, 1.82) is 0 Å². The van der Waals surface area contributed by atoms with Crippen molar-refractivity contribution in [1.82, 2.24) is 4.31 Å². The third-order valence-corrected chi connectivity index (χ3v) is 7.24. The van der Waals surface area contributed by atoms with E-state index in [0.717, 1.165) is 37.7 Å². The third kappa shape index (κ3) is 5.61. The fourth-order valence-corrected chi connectivity index (χ4v) is 5.50. The monoisotopic (exact) mass is 430 g/mol. The summed E-state index contributed by atoms with van der Waals surface area (Å²) in [6.45, 7) is 4.14. The summed E-state index contributed by atoms with van der Waals surface area (Å²) in [5.74, 6) is 0.290. The van der Waals surface area contributed by atoms with Crippen LogP contribution in [0.5, 0.6) is 5.75 Å². The molecule has 2 aromatic carbocycles. The Balaban J connectivity index is 1.83. The normalized spacial score (nSPS) is 15.2. The van der Waals surface area contributed by atoms with E-state index < -0.39 is 10.0 Å². The second-order valence-corrected chi connectivity index (χ2v) is 9.55. The number of ether oxygens (including phenoxy) is 1. The molecule has 0 saturated heterocycles. The number of nitrogens with zero attached hydrogens (tertiary/aromatic N) is 1. The Bertz CT molecular complexity index is 951. The Morgan fingerprint density at radius 1 is 1.10 bits per heavy atom. The minimum atomic E-state index is -3.81. The number of hydrogen-bond acceptors (Lipinski definition) is 4. The molecule has 1 fully saturated rings. The number of aryl methyl sites for hydroxylation is 1. The number of rotatable bonds is 8. The summed E-state index contributed by atoms with van der Waals surface area (Å²) in [5.41, 5.74) is 1.70. The van der Waals surface area contributed by atoms with Crippen LogP contribution >= 0.6 is 0 Å². The molecule has 1 aliphatic carbocycles. The standard InChI is InChI=1S/C23H30N2O4S/c1-3-29-21-12-14-22(15-13-21)30(27,28)25(20-10-5-4-6-11-20)17-23(26)24-19-9-7-8-18(2)16-19/h7-9,12-16,20H,3-6,10-11,17H2,1-2H3,(H,24,26). The van der Waals surface area contributed by atoms with E-state index in [2.05, 4.69) is 5.32 Å². The average molecular weight is 431 g/mol. The van der Waals surface area contributed by atoms with Gasteiger partial charge in [0.25, 0.3) is 0 Å². The van der Waals surface area contributed by atoms with Crippen LogP contribution in [0, 0.1) is 6.92 Å². The highest BCUT2D eigenvalue weighted by molar-refractivity contribution is 7.89. The summed E-state index contributed by atoms with van der Waals surface area (Å²) in [5, 5.41) is 2.84. The molecule has 0 bridgehead atoms. The summed E-state index contributed by atoms with van der Waals surface area (Å²) in [7, 11) is -3.81. The molecule has 0 radical (unpaired) electrons. The molecule has 162 valence electrons. The van der Waals surface area contributed by atoms with Gasteiger partial charge in [0.1, 0.15) is 5.75 Å². The van der Waals surface area contributed by atoms with Crippen LogP contribution in [0.15, 0.2) is 53.4 Å². The lowest BCUT2D eigenvalue weighted by molar-refractivity contribution is -0.116. The molecule has 2 aromatic rings. The number of carbonyl (C=O) groups excluding carboxylic acids is 1. The number of nitrogens with one attached hydrogen (secondary N) is 1. The molecule has 1 N–H and O–H groups in total. The molecule has 1 aliphatic rings. The molecule has 1 saturated carbocycles. The lowest BCUT2D eigenvalue weighted by Crippen LogP contribution is -2.45. The van der Waals surface area contributed by atoms with E-state index in [1.807, 2.05) is 32.0 Å². The van der Waals surface area contributed by atoms with Gasteiger partial charge in [0.2, 0.25) is 15.9 Å². The zero-order valence-corrected chi connectivity index (χ0v) is 18.5. The SMILES string of the molecule is CCOc1ccc(S(=O)(=O)N(CC(=O)Nc2cccc(C)c2)C2CCCCC2)cc1. The maximum Gasteiger partial charge on any atom is 0.243 e. The highest BCUT2D eigenvalue weighted by Gasteiger charge is 2.34. The van der Waals surface area contributed by atoms with Gasteiger partial charge in [0, 0.05) is 11.7 Å². The van der Waals surface area contributed by atoms with Crippen molar-refractivity contribution in [3.8, 4) is 5.75 Å². The lowest BCUT2D eigenvalue weighted by Gasteiger charge is -2.33. The predicted molar refractivity (Wildman–Crippen MR) is 118 cm³/mol. The number of benzene rings is 2. The van der Waals surface area contributed by atoms with Gasteiger partial charge in [-0.25, -0.2) is 8.42 Å². The molecular weight excluding hydrogens is 400 g/mol. The van der Waals surface area contributed by atoms with Crippen LogP contribution in [0.4, 0.5) is 5.69 Å². The van der Waals surface area contributed by atoms with Crippen molar-refractivity contribution in [3.63, 3.8) is 0 Å². The van der Waals surface area contributed by atoms with Crippen LogP contribution in [0.2, 0.25) is 0 Å². The van der Waals surface area contributed by atoms with Gasteiger partial charge >= 0.3 is 0 Å². The summed E-state index contributed by atoms with van der Waals surface area (Å²) < 4.78 is 33.7. The largest absolute Gasteiger partial charge is 0.494 e. The summed E-state index contributed by atoms with van der Waals surface area (Å²) in [6.07, 6.45) is 4.59. The average Bonchev–Trinajstić information content (AvgIpc) is 2.73. The van der Waals surface area contributed by atoms with Gasteiger partial charge in [-0.2, -0.15) is 4.31 Å². The van der Waals surface area contributed by atoms with Crippen LogP contribution in [0.25, 0.3) is 0 Å². The van der Waals surface area contributed by atoms with Crippen molar-refractivity contribution in [2.24, 2.45) is 0 Å². The number of anilines is 1. The Kier molecular flexibility index (Phi) is 7.50. The van der Waals surface area contributed by atoms with E-state index in [9.17, 15) is 13.2 Å². The van der Waals surface area contributed by atoms with Gasteiger partial charge in [0.15, 0.2) is 0 Å². The minimum Gasteiger partial charge on any atom is -0.494 e. The Morgan fingerprint density at radius 2 is 1.80 bits per heavy atom. The first kappa shape index (κ1) is 22.3. The molecule has 6 nitrogen and oxygen atoms in total. The highest BCUT2D eigenvalue weighted by Crippen LogP contribution is 2.28. The third-order valence-electron chi connectivity index (χ3n) is 5.32. The molecule has 1 amide bonds. The first-order valence-corrected chi connectivity index (χ1v) is 12.0. The van der Waals surface area contributed by atoms with Gasteiger partial charge in [-0.05, 0) is 68.7 Å². The topological polar surface area (TPSA) is 75.7 Å². The maximum atomic E-state index is 13.4. The fourth-order valence-electron chi connectivity index (χ4n) is 3.85. The summed E-state index contributed by atoms with van der Waals surface area (Å²) >= 11 is 0. The molecule has 0 atom stereocenters. The molecule has 0 unspecified atom stereocenters. The van der Waals surface area contributed by atoms with E-state index in [1.54, 1.807) is 30.3 Å². The van der Waals surface area contributed by atoms with Crippen LogP contribution in [-0.4, -0.2) is 37.8 Å². The van der Waals surface area contributed by atoms with Crippen molar-refractivity contribution in [2.45, 2.75) is 56.9 Å². The fraction of sp³-hybridized carbons (Fsp3) is 0.435. The molecule has 0 heterocycles. The lowest BCUT2D eigenvalue weighted by atomic mass is 9.95. The minimum absolute atomic E-state index is 0.168. The predicted octanol–water partition coefficient (Wildman–Crippen LogP) is 4.36. The van der Waals surface area contributed by atoms with E-state index in [1.165, 1.54) is 4.31 Å². The molecule has 0 spiro atoms. The highest BCUT2D eigenvalue weighted by atomic mass is 32.2. The number of amides is 1. The van der Waals surface area contributed by atoms with Crippen molar-refractivity contribution >= 4 is 21.6 Å². The number of carbonyl (C=O) groups is 1.